The van der Waals surface area contributed by atoms with Gasteiger partial charge in [0.2, 0.25) is 0 Å². The molecule has 0 radical (unpaired) electrons. The van der Waals surface area contributed by atoms with Crippen LogP contribution in [0.2, 0.25) is 0 Å². The second-order valence-electron chi connectivity index (χ2n) is 7.75. The second-order valence-corrected chi connectivity index (χ2v) is 7.75. The lowest BCUT2D eigenvalue weighted by Gasteiger charge is -2.12. The fourth-order valence-corrected chi connectivity index (χ4v) is 4.08. The van der Waals surface area contributed by atoms with E-state index in [1.54, 1.807) is 34.5 Å². The highest BCUT2D eigenvalue weighted by atomic mass is 19.1. The molecule has 0 aliphatic carbocycles. The number of hydrogen-bond donors (Lipinski definition) is 0. The Balaban J connectivity index is 1.89. The first kappa shape index (κ1) is 23.2. The van der Waals surface area contributed by atoms with E-state index in [2.05, 4.69) is 0 Å². The summed E-state index contributed by atoms with van der Waals surface area (Å²) in [6.45, 7) is 2.42. The molecule has 0 spiro atoms. The summed E-state index contributed by atoms with van der Waals surface area (Å²) < 4.78 is 37.6. The summed E-state index contributed by atoms with van der Waals surface area (Å²) in [5, 5.41) is 4.94. The Kier molecular flexibility index (Phi) is 6.72. The minimum Gasteiger partial charge on any atom is -0.493 e. The van der Waals surface area contributed by atoms with Gasteiger partial charge < -0.3 is 18.9 Å². The summed E-state index contributed by atoms with van der Waals surface area (Å²) >= 11 is 0. The van der Waals surface area contributed by atoms with Gasteiger partial charge in [0.05, 0.1) is 46.4 Å². The SMILES string of the molecule is COc1ccc(-c2nn(Cc3cccc(F)c3)c(-c3ccc(OC)c(OC)c3)c2C)cc1OC. The number of nitrogens with zero attached hydrogens (tertiary/aromatic N) is 2. The molecule has 34 heavy (non-hydrogen) atoms. The first-order chi connectivity index (χ1) is 16.5. The molecule has 0 aliphatic heterocycles. The molecule has 7 heteroatoms. The molecule has 1 aromatic heterocycles. The zero-order chi connectivity index (χ0) is 24.2. The molecule has 3 aromatic carbocycles. The van der Waals surface area contributed by atoms with E-state index in [1.165, 1.54) is 12.1 Å². The van der Waals surface area contributed by atoms with E-state index in [-0.39, 0.29) is 5.82 Å². The zero-order valence-corrected chi connectivity index (χ0v) is 19.9. The van der Waals surface area contributed by atoms with E-state index in [9.17, 15) is 4.39 Å². The molecule has 0 fully saturated rings. The lowest BCUT2D eigenvalue weighted by molar-refractivity contribution is 0.355. The van der Waals surface area contributed by atoms with E-state index >= 15 is 0 Å². The molecule has 0 saturated carbocycles. The summed E-state index contributed by atoms with van der Waals surface area (Å²) in [5.74, 6) is 2.23. The van der Waals surface area contributed by atoms with Gasteiger partial charge in [-0.3, -0.25) is 4.68 Å². The van der Waals surface area contributed by atoms with Gasteiger partial charge in [-0.15, -0.1) is 0 Å². The minimum atomic E-state index is -0.283. The van der Waals surface area contributed by atoms with Gasteiger partial charge in [0.25, 0.3) is 0 Å². The number of halogens is 1. The van der Waals surface area contributed by atoms with Crippen LogP contribution in [0, 0.1) is 12.7 Å². The van der Waals surface area contributed by atoms with Crippen molar-refractivity contribution >= 4 is 0 Å². The predicted molar refractivity (Wildman–Crippen MR) is 130 cm³/mol. The van der Waals surface area contributed by atoms with Crippen molar-refractivity contribution in [2.24, 2.45) is 0 Å². The lowest BCUT2D eigenvalue weighted by Crippen LogP contribution is -2.05. The normalized spacial score (nSPS) is 10.8. The summed E-state index contributed by atoms with van der Waals surface area (Å²) in [6, 6.07) is 18.0. The largest absolute Gasteiger partial charge is 0.493 e. The van der Waals surface area contributed by atoms with Gasteiger partial charge in [-0.25, -0.2) is 4.39 Å². The Hall–Kier alpha value is -4.00. The van der Waals surface area contributed by atoms with Crippen molar-refractivity contribution in [2.45, 2.75) is 13.5 Å². The fourth-order valence-electron chi connectivity index (χ4n) is 4.08. The average molecular weight is 463 g/mol. The quantitative estimate of drug-likeness (QED) is 0.334. The van der Waals surface area contributed by atoms with Gasteiger partial charge in [-0.2, -0.15) is 5.10 Å². The second kappa shape index (κ2) is 9.87. The van der Waals surface area contributed by atoms with Gasteiger partial charge in [-0.1, -0.05) is 12.1 Å². The van der Waals surface area contributed by atoms with Crippen molar-refractivity contribution in [2.75, 3.05) is 28.4 Å². The fraction of sp³-hybridized carbons (Fsp3) is 0.222. The molecule has 4 aromatic rings. The van der Waals surface area contributed by atoms with E-state index in [0.29, 0.717) is 29.5 Å². The van der Waals surface area contributed by atoms with Gasteiger partial charge in [-0.05, 0) is 61.0 Å². The van der Waals surface area contributed by atoms with Crippen LogP contribution in [0.25, 0.3) is 22.5 Å². The molecule has 1 heterocycles. The third kappa shape index (κ3) is 4.41. The molecular formula is C27H27FN2O4. The smallest absolute Gasteiger partial charge is 0.161 e. The molecule has 6 nitrogen and oxygen atoms in total. The molecule has 0 aliphatic rings. The molecule has 0 amide bonds. The molecular weight excluding hydrogens is 435 g/mol. The Labute approximate surface area is 198 Å². The standard InChI is InChI=1S/C27H27FN2O4/c1-17-26(19-9-11-22(31-2)24(14-19)33-4)29-30(16-18-7-6-8-21(28)13-18)27(17)20-10-12-23(32-3)25(15-20)34-5/h6-15H,16H2,1-5H3. The van der Waals surface area contributed by atoms with Crippen molar-refractivity contribution < 1.29 is 23.3 Å². The van der Waals surface area contributed by atoms with Crippen LogP contribution >= 0.6 is 0 Å². The van der Waals surface area contributed by atoms with Crippen LogP contribution in [0.5, 0.6) is 23.0 Å². The minimum absolute atomic E-state index is 0.283. The molecule has 0 bridgehead atoms. The first-order valence-corrected chi connectivity index (χ1v) is 10.8. The highest BCUT2D eigenvalue weighted by Crippen LogP contribution is 2.39. The van der Waals surface area contributed by atoms with E-state index in [1.807, 2.05) is 54.1 Å². The summed E-state index contributed by atoms with van der Waals surface area (Å²) in [4.78, 5) is 0. The third-order valence-corrected chi connectivity index (χ3v) is 5.72. The summed E-state index contributed by atoms with van der Waals surface area (Å²) in [6.07, 6.45) is 0. The molecule has 4 rings (SSSR count). The first-order valence-electron chi connectivity index (χ1n) is 10.8. The van der Waals surface area contributed by atoms with Gasteiger partial charge >= 0.3 is 0 Å². The number of aromatic nitrogens is 2. The van der Waals surface area contributed by atoms with Crippen LogP contribution in [0.4, 0.5) is 4.39 Å². The van der Waals surface area contributed by atoms with Gasteiger partial charge in [0.15, 0.2) is 23.0 Å². The number of hydrogen-bond acceptors (Lipinski definition) is 5. The van der Waals surface area contributed by atoms with Gasteiger partial charge in [0.1, 0.15) is 5.82 Å². The number of ether oxygens (including phenoxy) is 4. The Morgan fingerprint density at radius 3 is 1.91 bits per heavy atom. The molecule has 0 atom stereocenters. The summed E-state index contributed by atoms with van der Waals surface area (Å²) in [5.41, 5.74) is 5.26. The molecule has 0 saturated heterocycles. The van der Waals surface area contributed by atoms with Crippen molar-refractivity contribution in [3.05, 3.63) is 77.6 Å². The molecule has 176 valence electrons. The maximum Gasteiger partial charge on any atom is 0.161 e. The number of benzene rings is 3. The Morgan fingerprint density at radius 2 is 1.32 bits per heavy atom. The van der Waals surface area contributed by atoms with Crippen molar-refractivity contribution in [1.29, 1.82) is 0 Å². The summed E-state index contributed by atoms with van der Waals surface area (Å²) in [7, 11) is 6.41. The third-order valence-electron chi connectivity index (χ3n) is 5.72. The van der Waals surface area contributed by atoms with E-state index < -0.39 is 0 Å². The Bertz CT molecular complexity index is 1320. The van der Waals surface area contributed by atoms with Crippen LogP contribution in [0.15, 0.2) is 60.7 Å². The average Bonchev–Trinajstić information content (AvgIpc) is 3.18. The van der Waals surface area contributed by atoms with Crippen molar-refractivity contribution in [1.82, 2.24) is 9.78 Å². The maximum atomic E-state index is 13.9. The number of rotatable bonds is 8. The van der Waals surface area contributed by atoms with Crippen LogP contribution in [-0.2, 0) is 6.54 Å². The van der Waals surface area contributed by atoms with Crippen molar-refractivity contribution in [3.8, 4) is 45.5 Å². The highest BCUT2D eigenvalue weighted by molar-refractivity contribution is 5.76. The van der Waals surface area contributed by atoms with E-state index in [4.69, 9.17) is 24.0 Å². The maximum absolute atomic E-state index is 13.9. The van der Waals surface area contributed by atoms with E-state index in [0.717, 1.165) is 33.6 Å². The van der Waals surface area contributed by atoms with Crippen LogP contribution < -0.4 is 18.9 Å². The zero-order valence-electron chi connectivity index (χ0n) is 19.9. The monoisotopic (exact) mass is 462 g/mol. The van der Waals surface area contributed by atoms with Crippen LogP contribution in [0.3, 0.4) is 0 Å². The van der Waals surface area contributed by atoms with Crippen molar-refractivity contribution in [3.63, 3.8) is 0 Å². The molecule has 0 unspecified atom stereocenters. The Morgan fingerprint density at radius 1 is 0.735 bits per heavy atom. The topological polar surface area (TPSA) is 54.7 Å². The highest BCUT2D eigenvalue weighted by Gasteiger charge is 2.20. The van der Waals surface area contributed by atoms with Gasteiger partial charge in [0, 0.05) is 16.7 Å². The van der Waals surface area contributed by atoms with Crippen LogP contribution in [-0.4, -0.2) is 38.2 Å². The predicted octanol–water partition coefficient (Wildman–Crippen LogP) is 5.75. The lowest BCUT2D eigenvalue weighted by atomic mass is 10.0. The molecule has 0 N–H and O–H groups in total. The van der Waals surface area contributed by atoms with Crippen LogP contribution in [0.1, 0.15) is 11.1 Å². The number of methoxy groups -OCH3 is 4.